The number of carbonyl (C=O) groups excluding carboxylic acids is 4. The van der Waals surface area contributed by atoms with Crippen molar-refractivity contribution < 1.29 is 37.8 Å². The van der Waals surface area contributed by atoms with Crippen LogP contribution in [0.4, 0.5) is 11.4 Å². The second-order valence-corrected chi connectivity index (χ2v) is 13.5. The maximum absolute atomic E-state index is 13.9. The summed E-state index contributed by atoms with van der Waals surface area (Å²) < 4.78 is 22.3. The van der Waals surface area contributed by atoms with Crippen molar-refractivity contribution in [1.29, 1.82) is 0 Å². The average Bonchev–Trinajstić information content (AvgIpc) is 3.77. The molecule has 0 radical (unpaired) electrons. The number of methoxy groups -OCH3 is 3. The SMILES string of the molecule is COc1cc(OC)c(OC)cc1/C=C(/NC(=O)c1ccccc1)C(=O)Nc1cccc(S[C@@H]2CC(=O)N(c3ccc(-c4nc5ccccc5o4)cc3)C2=O)c1. The molecule has 55 heavy (non-hydrogen) atoms. The van der Waals surface area contributed by atoms with E-state index in [0.717, 1.165) is 5.52 Å². The Morgan fingerprint density at radius 2 is 1.53 bits per heavy atom. The van der Waals surface area contributed by atoms with E-state index in [9.17, 15) is 19.2 Å². The molecule has 7 rings (SSSR count). The summed E-state index contributed by atoms with van der Waals surface area (Å²) in [4.78, 5) is 60.2. The number of nitrogens with zero attached hydrogens (tertiary/aromatic N) is 2. The van der Waals surface area contributed by atoms with Crippen molar-refractivity contribution in [2.24, 2.45) is 0 Å². The van der Waals surface area contributed by atoms with Crippen LogP contribution in [-0.2, 0) is 14.4 Å². The third kappa shape index (κ3) is 7.92. The zero-order chi connectivity index (χ0) is 38.5. The van der Waals surface area contributed by atoms with Gasteiger partial charge in [0.2, 0.25) is 17.7 Å². The number of imide groups is 1. The second kappa shape index (κ2) is 16.0. The first-order valence-electron chi connectivity index (χ1n) is 17.0. The van der Waals surface area contributed by atoms with Gasteiger partial charge in [0.25, 0.3) is 11.8 Å². The number of hydrogen-bond acceptors (Lipinski definition) is 10. The summed E-state index contributed by atoms with van der Waals surface area (Å²) in [6, 6.07) is 33.0. The van der Waals surface area contributed by atoms with Crippen molar-refractivity contribution in [3.05, 3.63) is 132 Å². The number of oxazole rings is 1. The van der Waals surface area contributed by atoms with Gasteiger partial charge in [-0.05, 0) is 78.9 Å². The van der Waals surface area contributed by atoms with Crippen molar-refractivity contribution in [1.82, 2.24) is 10.3 Å². The van der Waals surface area contributed by atoms with Crippen LogP contribution in [0.3, 0.4) is 0 Å². The molecular formula is C42H34N4O8S. The molecule has 2 heterocycles. The summed E-state index contributed by atoms with van der Waals surface area (Å²) in [7, 11) is 4.46. The van der Waals surface area contributed by atoms with Gasteiger partial charge in [0, 0.05) is 39.8 Å². The molecule has 0 bridgehead atoms. The Balaban J connectivity index is 1.08. The molecule has 1 aliphatic heterocycles. The molecule has 1 saturated heterocycles. The molecule has 1 fully saturated rings. The number of fused-ring (bicyclic) bond motifs is 1. The molecule has 1 aromatic heterocycles. The zero-order valence-electron chi connectivity index (χ0n) is 29.9. The lowest BCUT2D eigenvalue weighted by atomic mass is 10.1. The Kier molecular flexibility index (Phi) is 10.6. The number of amides is 4. The molecule has 5 aromatic carbocycles. The quantitative estimate of drug-likeness (QED) is 0.0959. The van der Waals surface area contributed by atoms with Crippen LogP contribution in [0, 0.1) is 0 Å². The number of nitrogens with one attached hydrogen (secondary N) is 2. The number of benzene rings is 5. The predicted octanol–water partition coefficient (Wildman–Crippen LogP) is 7.35. The summed E-state index contributed by atoms with van der Waals surface area (Å²) in [5, 5.41) is 4.88. The van der Waals surface area contributed by atoms with Crippen LogP contribution >= 0.6 is 11.8 Å². The molecule has 13 heteroatoms. The highest BCUT2D eigenvalue weighted by atomic mass is 32.2. The molecule has 6 aromatic rings. The molecular weight excluding hydrogens is 721 g/mol. The number of thioether (sulfide) groups is 1. The van der Waals surface area contributed by atoms with Crippen LogP contribution in [0.2, 0.25) is 0 Å². The lowest BCUT2D eigenvalue weighted by Crippen LogP contribution is -2.31. The molecule has 1 atom stereocenters. The summed E-state index contributed by atoms with van der Waals surface area (Å²) in [6.45, 7) is 0. The van der Waals surface area contributed by atoms with Crippen molar-refractivity contribution >= 4 is 63.9 Å². The van der Waals surface area contributed by atoms with Crippen molar-refractivity contribution in [3.8, 4) is 28.7 Å². The maximum atomic E-state index is 13.9. The fourth-order valence-electron chi connectivity index (χ4n) is 5.99. The fourth-order valence-corrected chi connectivity index (χ4v) is 7.10. The summed E-state index contributed by atoms with van der Waals surface area (Å²) >= 11 is 1.22. The van der Waals surface area contributed by atoms with Crippen LogP contribution in [0.15, 0.2) is 130 Å². The van der Waals surface area contributed by atoms with Crippen LogP contribution in [0.25, 0.3) is 28.6 Å². The van der Waals surface area contributed by atoms with E-state index in [4.69, 9.17) is 18.6 Å². The van der Waals surface area contributed by atoms with Gasteiger partial charge in [0.15, 0.2) is 17.1 Å². The fraction of sp³-hybridized carbons (Fsp3) is 0.119. The van der Waals surface area contributed by atoms with E-state index < -0.39 is 17.1 Å². The van der Waals surface area contributed by atoms with Gasteiger partial charge in [-0.25, -0.2) is 9.88 Å². The van der Waals surface area contributed by atoms with Gasteiger partial charge in [-0.1, -0.05) is 36.4 Å². The molecule has 1 aliphatic rings. The van der Waals surface area contributed by atoms with E-state index >= 15 is 0 Å². The summed E-state index contributed by atoms with van der Waals surface area (Å²) in [5.74, 6) is -0.168. The van der Waals surface area contributed by atoms with Gasteiger partial charge in [-0.15, -0.1) is 11.8 Å². The second-order valence-electron chi connectivity index (χ2n) is 12.2. The third-order valence-electron chi connectivity index (χ3n) is 8.71. The molecule has 4 amide bonds. The first-order chi connectivity index (χ1) is 26.7. The van der Waals surface area contributed by atoms with Gasteiger partial charge >= 0.3 is 0 Å². The molecule has 12 nitrogen and oxygen atoms in total. The smallest absolute Gasteiger partial charge is 0.272 e. The largest absolute Gasteiger partial charge is 0.496 e. The van der Waals surface area contributed by atoms with Crippen molar-refractivity contribution in [2.75, 3.05) is 31.5 Å². The molecule has 0 unspecified atom stereocenters. The first kappa shape index (κ1) is 36.5. The van der Waals surface area contributed by atoms with E-state index in [0.29, 0.717) is 61.7 Å². The minimum atomic E-state index is -0.687. The van der Waals surface area contributed by atoms with Gasteiger partial charge in [0.1, 0.15) is 17.0 Å². The van der Waals surface area contributed by atoms with Crippen LogP contribution in [0.1, 0.15) is 22.3 Å². The minimum Gasteiger partial charge on any atom is -0.496 e. The predicted molar refractivity (Wildman–Crippen MR) is 209 cm³/mol. The third-order valence-corrected chi connectivity index (χ3v) is 9.89. The van der Waals surface area contributed by atoms with E-state index in [2.05, 4.69) is 15.6 Å². The van der Waals surface area contributed by atoms with Crippen LogP contribution in [0.5, 0.6) is 17.2 Å². The topological polar surface area (TPSA) is 149 Å². The van der Waals surface area contributed by atoms with Gasteiger partial charge in [-0.2, -0.15) is 0 Å². The molecule has 0 saturated carbocycles. The maximum Gasteiger partial charge on any atom is 0.272 e. The number of ether oxygens (including phenoxy) is 3. The Hall–Kier alpha value is -6.86. The van der Waals surface area contributed by atoms with E-state index in [1.165, 1.54) is 44.1 Å². The lowest BCUT2D eigenvalue weighted by Gasteiger charge is -2.16. The normalized spacial score (nSPS) is 14.2. The lowest BCUT2D eigenvalue weighted by molar-refractivity contribution is -0.121. The minimum absolute atomic E-state index is 0.00146. The molecule has 2 N–H and O–H groups in total. The van der Waals surface area contributed by atoms with Gasteiger partial charge in [-0.3, -0.25) is 19.2 Å². The van der Waals surface area contributed by atoms with Crippen molar-refractivity contribution in [3.63, 3.8) is 0 Å². The number of hydrogen-bond donors (Lipinski definition) is 2. The number of carbonyl (C=O) groups is 4. The molecule has 0 spiro atoms. The zero-order valence-corrected chi connectivity index (χ0v) is 30.7. The highest BCUT2D eigenvalue weighted by Crippen LogP contribution is 2.37. The standard InChI is InChI=1S/C42H34N4O8S/c1-51-34-23-36(53-3)35(52-2)21-27(34)20-32(44-39(48)25-10-5-4-6-11-25)40(49)43-28-12-9-13-30(22-28)55-37-24-38(47)46(42(37)50)29-18-16-26(17-19-29)41-45-31-14-7-8-15-33(31)54-41/h4-23,37H,24H2,1-3H3,(H,43,49)(H,44,48)/b32-20+/t37-/m1/s1. The summed E-state index contributed by atoms with van der Waals surface area (Å²) in [5.41, 5.74) is 3.67. The van der Waals surface area contributed by atoms with Crippen LogP contribution < -0.4 is 29.7 Å². The Labute approximate surface area is 320 Å². The number of rotatable bonds is 12. The van der Waals surface area contributed by atoms with Crippen molar-refractivity contribution in [2.45, 2.75) is 16.6 Å². The Morgan fingerprint density at radius 3 is 2.25 bits per heavy atom. The molecule has 0 aliphatic carbocycles. The Bertz CT molecular complexity index is 2410. The van der Waals surface area contributed by atoms with E-state index in [1.54, 1.807) is 91.0 Å². The molecule has 276 valence electrons. The monoisotopic (exact) mass is 754 g/mol. The Morgan fingerprint density at radius 1 is 0.818 bits per heavy atom. The van der Waals surface area contributed by atoms with E-state index in [1.807, 2.05) is 24.3 Å². The highest BCUT2D eigenvalue weighted by molar-refractivity contribution is 8.00. The van der Waals surface area contributed by atoms with E-state index in [-0.39, 0.29) is 23.9 Å². The number of aromatic nitrogens is 1. The number of para-hydroxylation sites is 2. The van der Waals surface area contributed by atoms with Gasteiger partial charge in [0.05, 0.1) is 32.3 Å². The highest BCUT2D eigenvalue weighted by Gasteiger charge is 2.40. The summed E-state index contributed by atoms with van der Waals surface area (Å²) in [6.07, 6.45) is 1.48. The first-order valence-corrected chi connectivity index (χ1v) is 17.9. The average molecular weight is 755 g/mol. The van der Waals surface area contributed by atoms with Crippen LogP contribution in [-0.4, -0.2) is 55.2 Å². The van der Waals surface area contributed by atoms with Gasteiger partial charge < -0.3 is 29.3 Å². The number of anilines is 2.